The number of hydrogen-bond acceptors (Lipinski definition) is 6. The lowest BCUT2D eigenvalue weighted by Crippen LogP contribution is -2.07. The number of carbonyl (C=O) groups is 2. The van der Waals surface area contributed by atoms with Crippen molar-refractivity contribution in [3.8, 4) is 10.8 Å². The molecule has 2 rings (SSSR count). The average Bonchev–Trinajstić information content (AvgIpc) is 2.84. The Kier molecular flexibility index (Phi) is 4.47. The van der Waals surface area contributed by atoms with Gasteiger partial charge in [0.15, 0.2) is 10.8 Å². The maximum absolute atomic E-state index is 11.8. The minimum absolute atomic E-state index is 0.0332. The molecule has 0 N–H and O–H groups in total. The fourth-order valence-electron chi connectivity index (χ4n) is 1.45. The number of hydrogen-bond donors (Lipinski definition) is 0. The van der Waals surface area contributed by atoms with E-state index in [4.69, 9.17) is 9.47 Å². The van der Waals surface area contributed by atoms with Gasteiger partial charge in [0, 0.05) is 6.92 Å². The predicted octanol–water partition coefficient (Wildman–Crippen LogP) is 3.31. The summed E-state index contributed by atoms with van der Waals surface area (Å²) in [5.41, 5.74) is 0.0332. The number of esters is 1. The van der Waals surface area contributed by atoms with E-state index in [1.54, 1.807) is 19.1 Å². The third kappa shape index (κ3) is 3.21. The average molecular weight is 291 g/mol. The van der Waals surface area contributed by atoms with E-state index in [-0.39, 0.29) is 28.2 Å². The van der Waals surface area contributed by atoms with Crippen molar-refractivity contribution in [3.05, 3.63) is 41.0 Å². The summed E-state index contributed by atoms with van der Waals surface area (Å²) < 4.78 is 10.5. The van der Waals surface area contributed by atoms with Crippen molar-refractivity contribution in [1.29, 1.82) is 0 Å². The maximum Gasteiger partial charge on any atom is 0.361 e. The van der Waals surface area contributed by atoms with Gasteiger partial charge in [-0.1, -0.05) is 29.5 Å². The van der Waals surface area contributed by atoms with E-state index in [1.165, 1.54) is 6.92 Å². The molecule has 5 nitrogen and oxygen atoms in total. The van der Waals surface area contributed by atoms with Gasteiger partial charge < -0.3 is 9.47 Å². The number of carbonyl (C=O) groups excluding carboxylic acids is 2. The number of aromatic nitrogens is 1. The molecule has 0 amide bonds. The van der Waals surface area contributed by atoms with Gasteiger partial charge in [0.1, 0.15) is 5.75 Å². The number of rotatable bonds is 5. The van der Waals surface area contributed by atoms with Gasteiger partial charge in [0.25, 0.3) is 0 Å². The van der Waals surface area contributed by atoms with E-state index >= 15 is 0 Å². The molecule has 0 bridgehead atoms. The SMILES string of the molecule is CCOC(=O)c1nc(C(C)=O)sc1Oc1ccccc1. The smallest absolute Gasteiger partial charge is 0.361 e. The van der Waals surface area contributed by atoms with Crippen LogP contribution < -0.4 is 4.74 Å². The molecule has 0 radical (unpaired) electrons. The Morgan fingerprint density at radius 3 is 2.55 bits per heavy atom. The quantitative estimate of drug-likeness (QED) is 0.624. The summed E-state index contributed by atoms with van der Waals surface area (Å²) in [6.45, 7) is 3.32. The fraction of sp³-hybridized carbons (Fsp3) is 0.214. The summed E-state index contributed by atoms with van der Waals surface area (Å²) in [6, 6.07) is 8.98. The Labute approximate surface area is 120 Å². The highest BCUT2D eigenvalue weighted by Gasteiger charge is 2.23. The van der Waals surface area contributed by atoms with Crippen molar-refractivity contribution in [1.82, 2.24) is 4.98 Å². The Hall–Kier alpha value is -2.21. The summed E-state index contributed by atoms with van der Waals surface area (Å²) in [5, 5.41) is 0.485. The number of thiazole rings is 1. The number of nitrogens with zero attached hydrogens (tertiary/aromatic N) is 1. The highest BCUT2D eigenvalue weighted by molar-refractivity contribution is 7.15. The Balaban J connectivity index is 2.34. The molecule has 0 saturated heterocycles. The van der Waals surface area contributed by atoms with Crippen LogP contribution in [0.5, 0.6) is 10.8 Å². The largest absolute Gasteiger partial charge is 0.461 e. The highest BCUT2D eigenvalue weighted by Crippen LogP contribution is 2.32. The molecule has 1 aromatic carbocycles. The predicted molar refractivity (Wildman–Crippen MR) is 74.6 cm³/mol. The monoisotopic (exact) mass is 291 g/mol. The van der Waals surface area contributed by atoms with E-state index in [0.717, 1.165) is 11.3 Å². The topological polar surface area (TPSA) is 65.5 Å². The lowest BCUT2D eigenvalue weighted by Gasteiger charge is -2.04. The summed E-state index contributed by atoms with van der Waals surface area (Å²) in [5.74, 6) is -0.248. The molecule has 0 spiro atoms. The molecule has 1 aromatic heterocycles. The zero-order valence-electron chi connectivity index (χ0n) is 11.1. The number of para-hydroxylation sites is 1. The normalized spacial score (nSPS) is 10.1. The van der Waals surface area contributed by atoms with Crippen LogP contribution in [0.1, 0.15) is 34.1 Å². The minimum Gasteiger partial charge on any atom is -0.461 e. The second kappa shape index (κ2) is 6.29. The van der Waals surface area contributed by atoms with E-state index in [2.05, 4.69) is 4.98 Å². The molecule has 0 aliphatic heterocycles. The third-order valence-corrected chi connectivity index (χ3v) is 3.35. The maximum atomic E-state index is 11.8. The summed E-state index contributed by atoms with van der Waals surface area (Å²) in [7, 11) is 0. The van der Waals surface area contributed by atoms with Gasteiger partial charge in [-0.3, -0.25) is 4.79 Å². The molecular weight excluding hydrogens is 278 g/mol. The van der Waals surface area contributed by atoms with Crippen molar-refractivity contribution >= 4 is 23.1 Å². The lowest BCUT2D eigenvalue weighted by atomic mass is 10.3. The van der Waals surface area contributed by atoms with Gasteiger partial charge in [-0.15, -0.1) is 0 Å². The third-order valence-electron chi connectivity index (χ3n) is 2.32. The zero-order chi connectivity index (χ0) is 14.5. The summed E-state index contributed by atoms with van der Waals surface area (Å²) in [6.07, 6.45) is 0. The van der Waals surface area contributed by atoms with Crippen LogP contribution in [0.4, 0.5) is 0 Å². The fourth-order valence-corrected chi connectivity index (χ4v) is 2.27. The van der Waals surface area contributed by atoms with Crippen LogP contribution in [0, 0.1) is 0 Å². The Morgan fingerprint density at radius 1 is 1.25 bits per heavy atom. The zero-order valence-corrected chi connectivity index (χ0v) is 11.9. The molecule has 0 aliphatic carbocycles. The molecule has 20 heavy (non-hydrogen) atoms. The van der Waals surface area contributed by atoms with E-state index in [0.29, 0.717) is 5.75 Å². The molecular formula is C14H13NO4S. The van der Waals surface area contributed by atoms with Crippen LogP contribution >= 0.6 is 11.3 Å². The van der Waals surface area contributed by atoms with Crippen molar-refractivity contribution < 1.29 is 19.1 Å². The molecule has 104 valence electrons. The molecule has 1 heterocycles. The van der Waals surface area contributed by atoms with Crippen LogP contribution in [0.25, 0.3) is 0 Å². The first-order chi connectivity index (χ1) is 9.61. The van der Waals surface area contributed by atoms with Crippen LogP contribution in [-0.2, 0) is 4.74 Å². The van der Waals surface area contributed by atoms with Crippen LogP contribution in [0.2, 0.25) is 0 Å². The number of ether oxygens (including phenoxy) is 2. The van der Waals surface area contributed by atoms with Crippen LogP contribution in [0.15, 0.2) is 30.3 Å². The second-order valence-electron chi connectivity index (χ2n) is 3.85. The van der Waals surface area contributed by atoms with Crippen molar-refractivity contribution in [2.75, 3.05) is 6.61 Å². The second-order valence-corrected chi connectivity index (χ2v) is 4.81. The highest BCUT2D eigenvalue weighted by atomic mass is 32.1. The van der Waals surface area contributed by atoms with Gasteiger partial charge in [-0.05, 0) is 19.1 Å². The molecule has 0 unspecified atom stereocenters. The first-order valence-corrected chi connectivity index (χ1v) is 6.85. The van der Waals surface area contributed by atoms with E-state index in [9.17, 15) is 9.59 Å². The van der Waals surface area contributed by atoms with Gasteiger partial charge in [0.2, 0.25) is 10.8 Å². The van der Waals surface area contributed by atoms with Gasteiger partial charge in [-0.2, -0.15) is 0 Å². The molecule has 0 saturated carbocycles. The number of benzene rings is 1. The first-order valence-electron chi connectivity index (χ1n) is 6.03. The van der Waals surface area contributed by atoms with Gasteiger partial charge in [0.05, 0.1) is 6.61 Å². The van der Waals surface area contributed by atoms with Crippen molar-refractivity contribution in [2.45, 2.75) is 13.8 Å². The van der Waals surface area contributed by atoms with Crippen molar-refractivity contribution in [2.24, 2.45) is 0 Å². The summed E-state index contributed by atoms with van der Waals surface area (Å²) >= 11 is 1.03. The number of ketones is 1. The van der Waals surface area contributed by atoms with Gasteiger partial charge >= 0.3 is 5.97 Å². The standard InChI is InChI=1S/C14H13NO4S/c1-3-18-13(17)11-14(20-12(15-11)9(2)16)19-10-7-5-4-6-8-10/h4-8H,3H2,1-2H3. The Bertz CT molecular complexity index is 621. The molecule has 2 aromatic rings. The minimum atomic E-state index is -0.595. The molecule has 0 fully saturated rings. The molecule has 0 aliphatic rings. The summed E-state index contributed by atoms with van der Waals surface area (Å²) in [4.78, 5) is 27.2. The van der Waals surface area contributed by atoms with Crippen LogP contribution in [0.3, 0.4) is 0 Å². The first kappa shape index (κ1) is 14.2. The Morgan fingerprint density at radius 2 is 1.95 bits per heavy atom. The lowest BCUT2D eigenvalue weighted by molar-refractivity contribution is 0.0517. The van der Waals surface area contributed by atoms with Crippen molar-refractivity contribution in [3.63, 3.8) is 0 Å². The molecule has 6 heteroatoms. The number of Topliss-reactive ketones (excluding diaryl/α,β-unsaturated/α-hetero) is 1. The molecule has 0 atom stereocenters. The van der Waals surface area contributed by atoms with E-state index < -0.39 is 5.97 Å². The van der Waals surface area contributed by atoms with Crippen LogP contribution in [-0.4, -0.2) is 23.3 Å². The van der Waals surface area contributed by atoms with Gasteiger partial charge in [-0.25, -0.2) is 9.78 Å². The van der Waals surface area contributed by atoms with E-state index in [1.807, 2.05) is 18.2 Å².